The molecule has 300 valence electrons. The van der Waals surface area contributed by atoms with E-state index >= 15 is 0 Å². The fourth-order valence-electron chi connectivity index (χ4n) is 14.9. The summed E-state index contributed by atoms with van der Waals surface area (Å²) in [4.78, 5) is 39.7. The summed E-state index contributed by atoms with van der Waals surface area (Å²) in [5.41, 5.74) is 3.78. The van der Waals surface area contributed by atoms with Crippen LogP contribution in [0.2, 0.25) is 0 Å². The van der Waals surface area contributed by atoms with Crippen LogP contribution in [0.25, 0.3) is 0 Å². The van der Waals surface area contributed by atoms with Crippen molar-refractivity contribution in [3.8, 4) is 5.75 Å². The number of carbonyl (C=O) groups is 3. The van der Waals surface area contributed by atoms with E-state index in [0.717, 1.165) is 125 Å². The Morgan fingerprint density at radius 2 is 1.21 bits per heavy atom. The molecule has 9 fully saturated rings. The van der Waals surface area contributed by atoms with Gasteiger partial charge in [-0.15, -0.1) is 0 Å². The van der Waals surface area contributed by atoms with Crippen LogP contribution in [0.3, 0.4) is 0 Å². The van der Waals surface area contributed by atoms with Gasteiger partial charge in [-0.3, -0.25) is 19.3 Å². The molecule has 3 aliphatic heterocycles. The van der Waals surface area contributed by atoms with E-state index in [9.17, 15) is 29.7 Å². The Hall–Kier alpha value is -3.51. The summed E-state index contributed by atoms with van der Waals surface area (Å²) in [6.45, 7) is 7.97. The van der Waals surface area contributed by atoms with Crippen LogP contribution in [0.4, 0.5) is 0 Å². The third-order valence-corrected chi connectivity index (χ3v) is 16.9. The van der Waals surface area contributed by atoms with Crippen LogP contribution >= 0.6 is 0 Å². The number of carboxylic acid groups (broad SMARTS) is 3. The smallest absolute Gasteiger partial charge is 0.307 e. The number of rotatable bonds is 20. The van der Waals surface area contributed by atoms with Gasteiger partial charge in [0.05, 0.1) is 17.8 Å². The van der Waals surface area contributed by atoms with Crippen molar-refractivity contribution >= 4 is 17.9 Å². The number of benzene rings is 2. The average molecular weight is 767 g/mol. The minimum Gasteiger partial charge on any atom is -0.492 e. The predicted molar refractivity (Wildman–Crippen MR) is 208 cm³/mol. The van der Waals surface area contributed by atoms with Crippen molar-refractivity contribution in [3.63, 3.8) is 0 Å². The Morgan fingerprint density at radius 3 is 1.77 bits per heavy atom. The first kappa shape index (κ1) is 36.8. The van der Waals surface area contributed by atoms with Crippen molar-refractivity contribution in [2.45, 2.75) is 45.1 Å². The van der Waals surface area contributed by atoms with Gasteiger partial charge in [-0.2, -0.15) is 0 Å². The van der Waals surface area contributed by atoms with Crippen molar-refractivity contribution in [2.24, 2.45) is 81.8 Å². The lowest BCUT2D eigenvalue weighted by Crippen LogP contribution is -3.10. The number of carboxylic acids is 3. The summed E-state index contributed by atoms with van der Waals surface area (Å²) >= 11 is 0. The van der Waals surface area contributed by atoms with Crippen molar-refractivity contribution in [1.29, 1.82) is 0 Å². The molecule has 3 heterocycles. The first-order valence-electron chi connectivity index (χ1n) is 21.5. The average Bonchev–Trinajstić information content (AvgIpc) is 4.01. The number of hydrogen-bond acceptors (Lipinski definition) is 8. The van der Waals surface area contributed by atoms with E-state index in [-0.39, 0.29) is 29.1 Å². The van der Waals surface area contributed by atoms with Crippen LogP contribution < -0.4 is 20.7 Å². The van der Waals surface area contributed by atoms with Crippen molar-refractivity contribution in [3.05, 3.63) is 65.2 Å². The molecule has 9 aliphatic rings. The number of hydrogen-bond donors (Lipinski definition) is 6. The molecule has 0 bridgehead atoms. The summed E-state index contributed by atoms with van der Waals surface area (Å²) in [6, 6.07) is 16.5. The maximum absolute atomic E-state index is 12.6. The highest BCUT2D eigenvalue weighted by atomic mass is 16.5. The third-order valence-electron chi connectivity index (χ3n) is 16.9. The van der Waals surface area contributed by atoms with Crippen LogP contribution in [0.5, 0.6) is 5.75 Å². The molecule has 2 aromatic rings. The number of aliphatic carboxylic acids is 3. The third kappa shape index (κ3) is 5.53. The molecule has 0 radical (unpaired) electrons. The van der Waals surface area contributed by atoms with Gasteiger partial charge in [-0.25, -0.2) is 0 Å². The van der Waals surface area contributed by atoms with Gasteiger partial charge in [0.2, 0.25) is 0 Å². The molecular formula is C45H58N4O7. The van der Waals surface area contributed by atoms with Gasteiger partial charge in [-0.05, 0) is 171 Å². The second-order valence-corrected chi connectivity index (χ2v) is 19.1. The highest BCUT2D eigenvalue weighted by molar-refractivity contribution is 5.72. The van der Waals surface area contributed by atoms with E-state index < -0.39 is 29.7 Å². The lowest BCUT2D eigenvalue weighted by Gasteiger charge is -3.12. The molecule has 0 spiro atoms. The maximum Gasteiger partial charge on any atom is 0.307 e. The maximum atomic E-state index is 12.6. The zero-order valence-corrected chi connectivity index (χ0v) is 32.3. The van der Waals surface area contributed by atoms with Crippen LogP contribution in [0, 0.1) is 81.8 Å². The van der Waals surface area contributed by atoms with Crippen molar-refractivity contribution < 1.29 is 34.4 Å². The first-order chi connectivity index (χ1) is 27.2. The van der Waals surface area contributed by atoms with Crippen molar-refractivity contribution in [2.75, 3.05) is 59.0 Å². The molecular weight excluding hydrogens is 709 g/mol. The highest BCUT2D eigenvalue weighted by Gasteiger charge is 3.09. The van der Waals surface area contributed by atoms with E-state index in [1.54, 1.807) is 0 Å². The Balaban J connectivity index is 0.846. The minimum absolute atomic E-state index is 0.132. The normalized spacial score (nSPS) is 38.0. The lowest BCUT2D eigenvalue weighted by molar-refractivity contribution is -0.661. The summed E-state index contributed by atoms with van der Waals surface area (Å²) in [7, 11) is 0. The van der Waals surface area contributed by atoms with Crippen LogP contribution in [0.1, 0.15) is 42.4 Å². The summed E-state index contributed by atoms with van der Waals surface area (Å²) in [5, 5.41) is 40.6. The van der Waals surface area contributed by atoms with E-state index in [1.807, 2.05) is 24.3 Å². The molecule has 3 saturated heterocycles. The molecule has 6 N–H and O–H groups in total. The second kappa shape index (κ2) is 14.1. The molecule has 6 aliphatic carbocycles. The van der Waals surface area contributed by atoms with Gasteiger partial charge in [0.1, 0.15) is 12.4 Å². The van der Waals surface area contributed by atoms with E-state index in [4.69, 9.17) is 4.74 Å². The van der Waals surface area contributed by atoms with Gasteiger partial charge in [-0.1, -0.05) is 36.4 Å². The van der Waals surface area contributed by atoms with Crippen molar-refractivity contribution in [1.82, 2.24) is 20.9 Å². The molecule has 4 unspecified atom stereocenters. The summed E-state index contributed by atoms with van der Waals surface area (Å²) in [6.07, 6.45) is 4.62. The van der Waals surface area contributed by atoms with E-state index in [0.29, 0.717) is 36.7 Å². The molecule has 0 amide bonds. The van der Waals surface area contributed by atoms with Crippen LogP contribution in [-0.4, -0.2) is 97.1 Å². The van der Waals surface area contributed by atoms with Gasteiger partial charge < -0.3 is 36.0 Å². The predicted octanol–water partition coefficient (Wildman–Crippen LogP) is 3.71. The molecule has 10 atom stereocenters. The van der Waals surface area contributed by atoms with E-state index in [1.165, 1.54) is 5.56 Å². The van der Waals surface area contributed by atoms with Gasteiger partial charge in [0.15, 0.2) is 0 Å². The zero-order chi connectivity index (χ0) is 38.3. The lowest BCUT2D eigenvalue weighted by atomic mass is 8.91. The molecule has 2 aromatic carbocycles. The van der Waals surface area contributed by atoms with Gasteiger partial charge in [0, 0.05) is 19.6 Å². The molecule has 11 heteroatoms. The topological polar surface area (TPSA) is 160 Å². The standard InChI is InChI=1S/C45H58N4O7/c50-41(51)32(28-7-10-46-20-28)17-25-3-1-5-27(15-25)23-49(13-14-56-31-6-2-4-26(16-31)18-33(42(52)53)29-8-11-47-21-29)24-45-38-35-37-36(38)40(45)44(37,39(35)45)19-34(43(54)55)30-9-12-48-22-30/h1-6,15-16,28-30,32-40,46-48H,7-14,17-24H2,(H,50,51)(H,52,53)(H,54,55)/t28-,29-,30-,32-,33-,34-,35?,36?,37?,38?,39?,40?,44?,45?/m0/s1. The number of nitrogens with zero attached hydrogens (tertiary/aromatic N) is 1. The first-order valence-corrected chi connectivity index (χ1v) is 21.5. The fraction of sp³-hybridized carbons (Fsp3) is 0.667. The Morgan fingerprint density at radius 1 is 0.696 bits per heavy atom. The fourth-order valence-corrected chi connectivity index (χ4v) is 14.9. The second-order valence-electron chi connectivity index (χ2n) is 19.1. The van der Waals surface area contributed by atoms with Crippen LogP contribution in [-0.2, 0) is 33.8 Å². The van der Waals surface area contributed by atoms with E-state index in [2.05, 4.69) is 45.1 Å². The number of nitrogens with one attached hydrogen (secondary N) is 3. The highest BCUT2D eigenvalue weighted by Crippen LogP contribution is 3.11. The summed E-state index contributed by atoms with van der Waals surface area (Å²) < 4.78 is 6.44. The number of ether oxygens (including phenoxy) is 1. The zero-order valence-electron chi connectivity index (χ0n) is 32.3. The monoisotopic (exact) mass is 766 g/mol. The SMILES string of the molecule is O=C(O)[C@@H](Cc1cccc(CN(CCOc2cccc(C[C@H](C(=O)O)[C@H]3CCNC3)c2)CC23C4C5C6C4C2C6(C[C@H](C(=O)O)[C@H]2CCNC2)C53)c1)[C@H]1CCNC1. The van der Waals surface area contributed by atoms with Crippen LogP contribution in [0.15, 0.2) is 48.5 Å². The Labute approximate surface area is 329 Å². The Kier molecular flexibility index (Phi) is 9.27. The van der Waals surface area contributed by atoms with Gasteiger partial charge >= 0.3 is 17.9 Å². The molecule has 0 aromatic heterocycles. The summed E-state index contributed by atoms with van der Waals surface area (Å²) in [5.74, 6) is 2.61. The molecule has 56 heavy (non-hydrogen) atoms. The molecule has 6 saturated carbocycles. The minimum atomic E-state index is -0.739. The largest absolute Gasteiger partial charge is 0.492 e. The molecule has 11 nitrogen and oxygen atoms in total. The molecule has 11 rings (SSSR count). The van der Waals surface area contributed by atoms with Gasteiger partial charge in [0.25, 0.3) is 0 Å². The Bertz CT molecular complexity index is 1830. The quantitative estimate of drug-likeness (QED) is 0.117.